The van der Waals surface area contributed by atoms with Crippen molar-refractivity contribution in [1.29, 1.82) is 0 Å². The molecule has 0 bridgehead atoms. The van der Waals surface area contributed by atoms with Crippen molar-refractivity contribution in [2.45, 2.75) is 19.8 Å². The van der Waals surface area contributed by atoms with Gasteiger partial charge in [0.1, 0.15) is 0 Å². The van der Waals surface area contributed by atoms with E-state index in [0.717, 1.165) is 12.8 Å². The second-order valence-electron chi connectivity index (χ2n) is 3.25. The maximum Gasteiger partial charge on any atom is 0.0666 e. The number of aliphatic carboxylic acids is 1. The Morgan fingerprint density at radius 1 is 1.50 bits per heavy atom. The van der Waals surface area contributed by atoms with Crippen molar-refractivity contribution in [2.24, 2.45) is 0 Å². The topological polar surface area (TPSA) is 73.2 Å². The van der Waals surface area contributed by atoms with Gasteiger partial charge in [-0.15, -0.1) is 0 Å². The van der Waals surface area contributed by atoms with E-state index in [9.17, 15) is 9.90 Å². The summed E-state index contributed by atoms with van der Waals surface area (Å²) in [4.78, 5) is 13.4. The zero-order chi connectivity index (χ0) is 12.4. The normalized spacial score (nSPS) is 8.88. The Balaban J connectivity index is 0.000000325. The molecule has 0 aliphatic rings. The fraction of sp³-hybridized carbons (Fsp3) is 0.333. The third-order valence-corrected chi connectivity index (χ3v) is 1.72. The number of carboxylic acids is 1. The van der Waals surface area contributed by atoms with Crippen LogP contribution < -0.4 is 5.11 Å². The van der Waals surface area contributed by atoms with Crippen LogP contribution in [0.3, 0.4) is 0 Å². The summed E-state index contributed by atoms with van der Waals surface area (Å²) in [5.74, 6) is -1.19. The van der Waals surface area contributed by atoms with Crippen molar-refractivity contribution in [1.82, 2.24) is 4.98 Å². The van der Waals surface area contributed by atoms with E-state index in [2.05, 4.69) is 11.6 Å². The Morgan fingerprint density at radius 2 is 2.00 bits per heavy atom. The lowest BCUT2D eigenvalue weighted by atomic mass is 10.1. The molecule has 1 aromatic heterocycles. The molecule has 0 aliphatic carbocycles. The van der Waals surface area contributed by atoms with E-state index in [-0.39, 0.29) is 12.2 Å². The smallest absolute Gasteiger partial charge is 0.0666 e. The molecular weight excluding hydrogens is 206 g/mol. The number of carbonyl (C=O) groups excluding carboxylic acids is 1. The van der Waals surface area contributed by atoms with Gasteiger partial charge in [0.15, 0.2) is 0 Å². The van der Waals surface area contributed by atoms with Crippen molar-refractivity contribution >= 4 is 5.97 Å². The summed E-state index contributed by atoms with van der Waals surface area (Å²) >= 11 is 0. The van der Waals surface area contributed by atoms with Crippen LogP contribution in [0.1, 0.15) is 18.9 Å². The SMILES string of the molecule is C=C(C)C(=O)[O-].OCCCc1ccncc1. The summed E-state index contributed by atoms with van der Waals surface area (Å²) in [7, 11) is 0. The molecular formula is C12H16NO3-. The van der Waals surface area contributed by atoms with E-state index < -0.39 is 5.97 Å². The average molecular weight is 222 g/mol. The number of hydrogen-bond acceptors (Lipinski definition) is 4. The number of rotatable bonds is 4. The number of pyridine rings is 1. The highest BCUT2D eigenvalue weighted by atomic mass is 16.4. The monoisotopic (exact) mass is 222 g/mol. The van der Waals surface area contributed by atoms with E-state index in [1.807, 2.05) is 12.1 Å². The number of aryl methyl sites for hydroxylation is 1. The Bertz CT molecular complexity index is 310. The fourth-order valence-electron chi connectivity index (χ4n) is 0.833. The van der Waals surface area contributed by atoms with Gasteiger partial charge in [0.2, 0.25) is 0 Å². The maximum absolute atomic E-state index is 9.49. The highest BCUT2D eigenvalue weighted by Crippen LogP contribution is 1.99. The second-order valence-corrected chi connectivity index (χ2v) is 3.25. The molecule has 0 unspecified atom stereocenters. The molecule has 0 saturated heterocycles. The molecule has 88 valence electrons. The third-order valence-electron chi connectivity index (χ3n) is 1.72. The van der Waals surface area contributed by atoms with Crippen molar-refractivity contribution in [3.05, 3.63) is 42.2 Å². The van der Waals surface area contributed by atoms with Crippen LogP contribution in [0.4, 0.5) is 0 Å². The quantitative estimate of drug-likeness (QED) is 0.744. The molecule has 1 aromatic rings. The molecule has 0 atom stereocenters. The van der Waals surface area contributed by atoms with Crippen molar-refractivity contribution < 1.29 is 15.0 Å². The van der Waals surface area contributed by atoms with Crippen molar-refractivity contribution in [2.75, 3.05) is 6.61 Å². The lowest BCUT2D eigenvalue weighted by Crippen LogP contribution is -2.22. The van der Waals surface area contributed by atoms with E-state index in [1.54, 1.807) is 12.4 Å². The molecule has 0 aliphatic heterocycles. The van der Waals surface area contributed by atoms with E-state index in [4.69, 9.17) is 5.11 Å². The highest BCUT2D eigenvalue weighted by molar-refractivity contribution is 5.82. The third kappa shape index (κ3) is 7.70. The molecule has 0 amide bonds. The zero-order valence-electron chi connectivity index (χ0n) is 9.35. The number of aliphatic hydroxyl groups is 1. The maximum atomic E-state index is 9.49. The van der Waals surface area contributed by atoms with Crippen LogP contribution in [0.15, 0.2) is 36.7 Å². The van der Waals surface area contributed by atoms with E-state index in [0.29, 0.717) is 0 Å². The summed E-state index contributed by atoms with van der Waals surface area (Å²) in [6.07, 6.45) is 5.32. The van der Waals surface area contributed by atoms with Crippen LogP contribution in [-0.2, 0) is 11.2 Å². The van der Waals surface area contributed by atoms with E-state index in [1.165, 1.54) is 12.5 Å². The molecule has 1 rings (SSSR count). The molecule has 0 aromatic carbocycles. The van der Waals surface area contributed by atoms with Gasteiger partial charge in [0.25, 0.3) is 0 Å². The number of aliphatic hydroxyl groups excluding tert-OH is 1. The first kappa shape index (κ1) is 14.3. The fourth-order valence-corrected chi connectivity index (χ4v) is 0.833. The van der Waals surface area contributed by atoms with Gasteiger partial charge in [-0.1, -0.05) is 6.58 Å². The van der Waals surface area contributed by atoms with Crippen molar-refractivity contribution in [3.8, 4) is 0 Å². The van der Waals surface area contributed by atoms with Gasteiger partial charge < -0.3 is 15.0 Å². The summed E-state index contributed by atoms with van der Waals surface area (Å²) in [6.45, 7) is 4.74. The molecule has 0 saturated carbocycles. The Hall–Kier alpha value is -1.68. The Kier molecular flexibility index (Phi) is 7.71. The van der Waals surface area contributed by atoms with Crippen LogP contribution >= 0.6 is 0 Å². The molecule has 4 heteroatoms. The molecule has 1 heterocycles. The lowest BCUT2D eigenvalue weighted by molar-refractivity contribution is -0.299. The summed E-state index contributed by atoms with van der Waals surface area (Å²) in [5.41, 5.74) is 1.30. The zero-order valence-corrected chi connectivity index (χ0v) is 9.35. The van der Waals surface area contributed by atoms with Crippen molar-refractivity contribution in [3.63, 3.8) is 0 Å². The predicted molar refractivity (Wildman–Crippen MR) is 59.5 cm³/mol. The van der Waals surface area contributed by atoms with Gasteiger partial charge in [0.05, 0.1) is 5.97 Å². The second kappa shape index (κ2) is 8.61. The first-order valence-electron chi connectivity index (χ1n) is 4.94. The van der Waals surface area contributed by atoms with Gasteiger partial charge in [-0.05, 0) is 43.0 Å². The molecule has 0 radical (unpaired) electrons. The number of nitrogens with zero attached hydrogens (tertiary/aromatic N) is 1. The van der Waals surface area contributed by atoms with Gasteiger partial charge >= 0.3 is 0 Å². The van der Waals surface area contributed by atoms with Gasteiger partial charge in [-0.3, -0.25) is 4.98 Å². The molecule has 0 fully saturated rings. The highest BCUT2D eigenvalue weighted by Gasteiger charge is 1.88. The Morgan fingerprint density at radius 3 is 2.38 bits per heavy atom. The van der Waals surface area contributed by atoms with Gasteiger partial charge in [-0.25, -0.2) is 0 Å². The Labute approximate surface area is 95.3 Å². The number of carbonyl (C=O) groups is 1. The average Bonchev–Trinajstić information content (AvgIpc) is 2.28. The van der Waals surface area contributed by atoms with E-state index >= 15 is 0 Å². The number of aromatic nitrogens is 1. The number of carboxylic acid groups (broad SMARTS) is 1. The first-order chi connectivity index (χ1) is 7.57. The molecule has 16 heavy (non-hydrogen) atoms. The van der Waals surface area contributed by atoms with Crippen LogP contribution in [0.25, 0.3) is 0 Å². The molecule has 0 spiro atoms. The van der Waals surface area contributed by atoms with Crippen LogP contribution in [0, 0.1) is 0 Å². The standard InChI is InChI=1S/C8H11NO.C4H6O2/c10-7-1-2-8-3-5-9-6-4-8;1-3(2)4(5)6/h3-6,10H,1-2,7H2;1H2,2H3,(H,5,6)/p-1. The summed E-state index contributed by atoms with van der Waals surface area (Å²) in [5, 5.41) is 18.0. The van der Waals surface area contributed by atoms with Crippen LogP contribution in [-0.4, -0.2) is 22.7 Å². The number of hydrogen-bond donors (Lipinski definition) is 1. The molecule has 1 N–H and O–H groups in total. The van der Waals surface area contributed by atoms with Gasteiger partial charge in [-0.2, -0.15) is 0 Å². The minimum atomic E-state index is -1.19. The largest absolute Gasteiger partial charge is 0.545 e. The molecule has 4 nitrogen and oxygen atoms in total. The minimum absolute atomic E-state index is 0.0648. The van der Waals surface area contributed by atoms with Gasteiger partial charge in [0, 0.05) is 19.0 Å². The minimum Gasteiger partial charge on any atom is -0.545 e. The predicted octanol–water partition coefficient (Wildman–Crippen LogP) is 0.319. The first-order valence-corrected chi connectivity index (χ1v) is 4.94. The summed E-state index contributed by atoms with van der Waals surface area (Å²) in [6, 6.07) is 3.94. The van der Waals surface area contributed by atoms with Crippen LogP contribution in [0.5, 0.6) is 0 Å². The van der Waals surface area contributed by atoms with Crippen LogP contribution in [0.2, 0.25) is 0 Å². The summed E-state index contributed by atoms with van der Waals surface area (Å²) < 4.78 is 0. The lowest BCUT2D eigenvalue weighted by Gasteiger charge is -1.95.